The Kier molecular flexibility index (Phi) is 6.34. The van der Waals surface area contributed by atoms with E-state index in [-0.39, 0.29) is 12.4 Å². The molecule has 1 aromatic heterocycles. The lowest BCUT2D eigenvalue weighted by atomic mass is 10.1. The number of nitrogens with zero attached hydrogens (tertiary/aromatic N) is 1. The third-order valence-electron chi connectivity index (χ3n) is 2.80. The van der Waals surface area contributed by atoms with Crippen molar-refractivity contribution in [3.63, 3.8) is 0 Å². The molecular weight excluding hydrogens is 282 g/mol. The van der Waals surface area contributed by atoms with Gasteiger partial charge in [-0.3, -0.25) is 4.98 Å². The summed E-state index contributed by atoms with van der Waals surface area (Å²) in [7, 11) is -3.15. The largest absolute Gasteiger partial charge is 0.506 e. The summed E-state index contributed by atoms with van der Waals surface area (Å²) >= 11 is 0. The highest BCUT2D eigenvalue weighted by Gasteiger charge is 2.10. The molecule has 0 aliphatic carbocycles. The van der Waals surface area contributed by atoms with Gasteiger partial charge in [-0.05, 0) is 19.9 Å². The van der Waals surface area contributed by atoms with Crippen LogP contribution >= 0.6 is 0 Å². The van der Waals surface area contributed by atoms with Crippen LogP contribution in [0.3, 0.4) is 0 Å². The normalized spacial score (nSPS) is 11.8. The minimum Gasteiger partial charge on any atom is -0.506 e. The van der Waals surface area contributed by atoms with Gasteiger partial charge in [-0.2, -0.15) is 0 Å². The lowest BCUT2D eigenvalue weighted by Crippen LogP contribution is -2.26. The number of nitrogens with one attached hydrogen (secondary N) is 2. The maximum Gasteiger partial charge on any atom is 0.208 e. The molecule has 4 N–H and O–H groups in total. The van der Waals surface area contributed by atoms with E-state index >= 15 is 0 Å². The number of aromatic nitrogens is 1. The van der Waals surface area contributed by atoms with Crippen molar-refractivity contribution in [2.75, 3.05) is 19.3 Å². The first-order chi connectivity index (χ1) is 9.35. The number of sulfonamides is 1. The molecule has 114 valence electrons. The van der Waals surface area contributed by atoms with Crippen LogP contribution in [0.4, 0.5) is 0 Å². The fourth-order valence-corrected chi connectivity index (χ4v) is 2.22. The summed E-state index contributed by atoms with van der Waals surface area (Å²) < 4.78 is 24.1. The Labute approximate surface area is 119 Å². The van der Waals surface area contributed by atoms with Gasteiger partial charge in [-0.15, -0.1) is 0 Å². The molecule has 7 nitrogen and oxygen atoms in total. The molecule has 0 radical (unpaired) electrons. The number of aliphatic hydroxyl groups is 1. The van der Waals surface area contributed by atoms with Crippen molar-refractivity contribution in [3.05, 3.63) is 23.0 Å². The molecule has 1 aromatic rings. The smallest absolute Gasteiger partial charge is 0.208 e. The number of hydrogen-bond donors (Lipinski definition) is 4. The number of pyridine rings is 1. The second kappa shape index (κ2) is 7.53. The molecule has 0 amide bonds. The van der Waals surface area contributed by atoms with Crippen LogP contribution < -0.4 is 10.0 Å². The van der Waals surface area contributed by atoms with Gasteiger partial charge in [0, 0.05) is 30.4 Å². The van der Waals surface area contributed by atoms with E-state index in [2.05, 4.69) is 15.0 Å². The van der Waals surface area contributed by atoms with Crippen molar-refractivity contribution in [2.24, 2.45) is 0 Å². The average Bonchev–Trinajstić information content (AvgIpc) is 2.37. The van der Waals surface area contributed by atoms with Gasteiger partial charge in [-0.1, -0.05) is 0 Å². The molecule has 0 saturated carbocycles. The van der Waals surface area contributed by atoms with Crippen LogP contribution in [0.25, 0.3) is 0 Å². The van der Waals surface area contributed by atoms with Gasteiger partial charge in [0.1, 0.15) is 5.75 Å². The first kappa shape index (κ1) is 16.8. The van der Waals surface area contributed by atoms with Crippen LogP contribution in [0, 0.1) is 6.92 Å². The molecule has 0 fully saturated rings. The fourth-order valence-electron chi connectivity index (χ4n) is 1.70. The van der Waals surface area contributed by atoms with Gasteiger partial charge < -0.3 is 15.5 Å². The van der Waals surface area contributed by atoms with Crippen molar-refractivity contribution in [1.82, 2.24) is 15.0 Å². The Morgan fingerprint density at radius 3 is 2.65 bits per heavy atom. The van der Waals surface area contributed by atoms with E-state index in [4.69, 9.17) is 0 Å². The van der Waals surface area contributed by atoms with Gasteiger partial charge in [0.25, 0.3) is 0 Å². The highest BCUT2D eigenvalue weighted by Crippen LogP contribution is 2.23. The van der Waals surface area contributed by atoms with Gasteiger partial charge in [0.05, 0.1) is 18.6 Å². The van der Waals surface area contributed by atoms with Crippen molar-refractivity contribution in [1.29, 1.82) is 0 Å². The molecular formula is C12H21N3O4S. The van der Waals surface area contributed by atoms with Gasteiger partial charge >= 0.3 is 0 Å². The maximum atomic E-state index is 10.9. The zero-order valence-electron chi connectivity index (χ0n) is 11.7. The van der Waals surface area contributed by atoms with Crippen molar-refractivity contribution in [2.45, 2.75) is 26.5 Å². The van der Waals surface area contributed by atoms with E-state index in [1.54, 1.807) is 6.92 Å². The molecule has 0 atom stereocenters. The minimum atomic E-state index is -3.15. The molecule has 0 aliphatic heterocycles. The first-order valence-electron chi connectivity index (χ1n) is 6.27. The van der Waals surface area contributed by atoms with E-state index in [0.717, 1.165) is 6.26 Å². The molecule has 0 unspecified atom stereocenters. The molecule has 0 spiro atoms. The summed E-state index contributed by atoms with van der Waals surface area (Å²) in [5, 5.41) is 22.2. The Bertz CT molecular complexity index is 546. The predicted octanol–water partition coefficient (Wildman–Crippen LogP) is -0.383. The Hall–Kier alpha value is -1.22. The predicted molar refractivity (Wildman–Crippen MR) is 75.7 cm³/mol. The van der Waals surface area contributed by atoms with Crippen LogP contribution in [0.5, 0.6) is 5.75 Å². The molecule has 0 aliphatic rings. The Morgan fingerprint density at radius 2 is 2.05 bits per heavy atom. The SMILES string of the molecule is Cc1ncc(CO)c(CNCCCNS(C)(=O)=O)c1O. The van der Waals surface area contributed by atoms with E-state index in [1.807, 2.05) is 0 Å². The van der Waals surface area contributed by atoms with Crippen LogP contribution in [-0.4, -0.2) is 43.0 Å². The zero-order valence-corrected chi connectivity index (χ0v) is 12.5. The van der Waals surface area contributed by atoms with E-state index in [9.17, 15) is 18.6 Å². The molecule has 0 saturated heterocycles. The highest BCUT2D eigenvalue weighted by molar-refractivity contribution is 7.88. The molecule has 0 bridgehead atoms. The quantitative estimate of drug-likeness (QED) is 0.487. The summed E-state index contributed by atoms with van der Waals surface area (Å²) in [6.45, 7) is 2.85. The van der Waals surface area contributed by atoms with E-state index in [1.165, 1.54) is 6.20 Å². The van der Waals surface area contributed by atoms with E-state index in [0.29, 0.717) is 42.9 Å². The zero-order chi connectivity index (χ0) is 15.2. The molecule has 1 rings (SSSR count). The number of aliphatic hydroxyl groups excluding tert-OH is 1. The molecule has 20 heavy (non-hydrogen) atoms. The third kappa shape index (κ3) is 5.41. The van der Waals surface area contributed by atoms with Gasteiger partial charge in [0.15, 0.2) is 0 Å². The van der Waals surface area contributed by atoms with Crippen LogP contribution in [0.15, 0.2) is 6.20 Å². The number of aromatic hydroxyl groups is 1. The first-order valence-corrected chi connectivity index (χ1v) is 8.17. The lowest BCUT2D eigenvalue weighted by Gasteiger charge is -2.12. The lowest BCUT2D eigenvalue weighted by molar-refractivity contribution is 0.278. The summed E-state index contributed by atoms with van der Waals surface area (Å²) in [5.41, 5.74) is 1.71. The van der Waals surface area contributed by atoms with Gasteiger partial charge in [-0.25, -0.2) is 13.1 Å². The monoisotopic (exact) mass is 303 g/mol. The second-order valence-electron chi connectivity index (χ2n) is 4.55. The van der Waals surface area contributed by atoms with Crippen LogP contribution in [-0.2, 0) is 23.2 Å². The minimum absolute atomic E-state index is 0.0818. The summed E-state index contributed by atoms with van der Waals surface area (Å²) in [4.78, 5) is 3.98. The second-order valence-corrected chi connectivity index (χ2v) is 6.38. The molecule has 1 heterocycles. The van der Waals surface area contributed by atoms with Crippen molar-refractivity contribution < 1.29 is 18.6 Å². The fraction of sp³-hybridized carbons (Fsp3) is 0.583. The standard InChI is InChI=1S/C12H21N3O4S/c1-9-12(17)11(10(8-16)6-14-9)7-13-4-3-5-15-20(2,18)19/h6,13,15-17H,3-5,7-8H2,1-2H3. The average molecular weight is 303 g/mol. The number of hydrogen-bond acceptors (Lipinski definition) is 6. The molecule has 0 aromatic carbocycles. The number of aryl methyl sites for hydroxylation is 1. The van der Waals surface area contributed by atoms with Crippen molar-refractivity contribution in [3.8, 4) is 5.75 Å². The van der Waals surface area contributed by atoms with Crippen LogP contribution in [0.2, 0.25) is 0 Å². The van der Waals surface area contributed by atoms with Crippen molar-refractivity contribution >= 4 is 10.0 Å². The Balaban J connectivity index is 2.44. The topological polar surface area (TPSA) is 112 Å². The summed E-state index contributed by atoms with van der Waals surface area (Å²) in [5.74, 6) is 0.0818. The maximum absolute atomic E-state index is 10.9. The van der Waals surface area contributed by atoms with E-state index < -0.39 is 10.0 Å². The number of rotatable bonds is 8. The van der Waals surface area contributed by atoms with Gasteiger partial charge in [0.2, 0.25) is 10.0 Å². The Morgan fingerprint density at radius 1 is 1.35 bits per heavy atom. The third-order valence-corrected chi connectivity index (χ3v) is 3.53. The summed E-state index contributed by atoms with van der Waals surface area (Å²) in [6.07, 6.45) is 3.29. The van der Waals surface area contributed by atoms with Crippen LogP contribution in [0.1, 0.15) is 23.2 Å². The molecule has 8 heteroatoms. The highest BCUT2D eigenvalue weighted by atomic mass is 32.2. The summed E-state index contributed by atoms with van der Waals surface area (Å²) in [6, 6.07) is 0.